The van der Waals surface area contributed by atoms with Gasteiger partial charge >= 0.3 is 0 Å². The van der Waals surface area contributed by atoms with Crippen LogP contribution >= 0.6 is 0 Å². The summed E-state index contributed by atoms with van der Waals surface area (Å²) >= 11 is 0. The van der Waals surface area contributed by atoms with Crippen molar-refractivity contribution in [1.29, 1.82) is 0 Å². The van der Waals surface area contributed by atoms with Gasteiger partial charge < -0.3 is 10.1 Å². The Morgan fingerprint density at radius 1 is 1.02 bits per heavy atom. The molecule has 0 aliphatic heterocycles. The summed E-state index contributed by atoms with van der Waals surface area (Å²) < 4.78 is 7.46. The summed E-state index contributed by atoms with van der Waals surface area (Å²) in [6.45, 7) is 3.59. The summed E-state index contributed by atoms with van der Waals surface area (Å²) in [5.41, 5.74) is 2.80. The van der Waals surface area contributed by atoms with Gasteiger partial charge in [-0.3, -0.25) is 19.3 Å². The first-order valence-electron chi connectivity index (χ1n) is 13.7. The van der Waals surface area contributed by atoms with Crippen LogP contribution < -0.4 is 15.0 Å². The lowest BCUT2D eigenvalue weighted by Gasteiger charge is -2.33. The predicted octanol–water partition coefficient (Wildman–Crippen LogP) is 4.87. The highest BCUT2D eigenvalue weighted by molar-refractivity contribution is 6.03. The Kier molecular flexibility index (Phi) is 8.19. The molecule has 206 valence electrons. The standard InChI is InChI=1S/C31H33N5O4/c1-3-40-28-18-9-6-15-25(28)30(31(39)32-23-12-4-5-13-23)36(24-14-10-11-22(19-24)21(2)37)29(38)20-35-27-17-8-7-16-26(27)33-34-35/h6-11,14-19,23,30H,3-5,12-13,20H2,1-2H3,(H,32,39). The zero-order chi connectivity index (χ0) is 28.1. The summed E-state index contributed by atoms with van der Waals surface area (Å²) in [5, 5.41) is 11.6. The highest BCUT2D eigenvalue weighted by Crippen LogP contribution is 2.35. The van der Waals surface area contributed by atoms with E-state index in [4.69, 9.17) is 4.74 Å². The maximum absolute atomic E-state index is 14.3. The van der Waals surface area contributed by atoms with Crippen LogP contribution in [0.5, 0.6) is 5.75 Å². The summed E-state index contributed by atoms with van der Waals surface area (Å²) in [4.78, 5) is 42.2. The molecule has 1 heterocycles. The smallest absolute Gasteiger partial charge is 0.249 e. The molecule has 1 saturated carbocycles. The molecule has 40 heavy (non-hydrogen) atoms. The number of anilines is 1. The van der Waals surface area contributed by atoms with Gasteiger partial charge in [-0.2, -0.15) is 0 Å². The minimum Gasteiger partial charge on any atom is -0.493 e. The fraction of sp³-hybridized carbons (Fsp3) is 0.323. The minimum absolute atomic E-state index is 0.0361. The van der Waals surface area contributed by atoms with E-state index in [-0.39, 0.29) is 30.2 Å². The van der Waals surface area contributed by atoms with E-state index in [0.29, 0.717) is 40.2 Å². The summed E-state index contributed by atoms with van der Waals surface area (Å²) in [6, 6.07) is 20.5. The lowest BCUT2D eigenvalue weighted by molar-refractivity contribution is -0.127. The molecule has 1 aromatic heterocycles. The quantitative estimate of drug-likeness (QED) is 0.288. The van der Waals surface area contributed by atoms with E-state index in [2.05, 4.69) is 15.6 Å². The summed E-state index contributed by atoms with van der Waals surface area (Å²) in [7, 11) is 0. The number of nitrogens with zero attached hydrogens (tertiary/aromatic N) is 4. The second-order valence-electron chi connectivity index (χ2n) is 9.97. The number of ketones is 1. The number of nitrogens with one attached hydrogen (secondary N) is 1. The molecular formula is C31H33N5O4. The van der Waals surface area contributed by atoms with Crippen molar-refractivity contribution in [2.45, 2.75) is 58.2 Å². The van der Waals surface area contributed by atoms with Gasteiger partial charge in [0.25, 0.3) is 0 Å². The molecular weight excluding hydrogens is 506 g/mol. The summed E-state index contributed by atoms with van der Waals surface area (Å²) in [6.07, 6.45) is 3.89. The number of ether oxygens (including phenoxy) is 1. The number of benzene rings is 3. The average molecular weight is 540 g/mol. The van der Waals surface area contributed by atoms with Gasteiger partial charge in [0.15, 0.2) is 5.78 Å². The van der Waals surface area contributed by atoms with Gasteiger partial charge in [-0.15, -0.1) is 5.10 Å². The molecule has 9 nitrogen and oxygen atoms in total. The fourth-order valence-corrected chi connectivity index (χ4v) is 5.29. The number of fused-ring (bicyclic) bond motifs is 1. The zero-order valence-corrected chi connectivity index (χ0v) is 22.7. The first kappa shape index (κ1) is 27.1. The number of hydrogen-bond acceptors (Lipinski definition) is 6. The maximum Gasteiger partial charge on any atom is 0.249 e. The Morgan fingerprint density at radius 2 is 1.77 bits per heavy atom. The molecule has 1 atom stereocenters. The van der Waals surface area contributed by atoms with Crippen molar-refractivity contribution in [3.63, 3.8) is 0 Å². The zero-order valence-electron chi connectivity index (χ0n) is 22.7. The molecule has 0 radical (unpaired) electrons. The third-order valence-electron chi connectivity index (χ3n) is 7.23. The number of hydrogen-bond donors (Lipinski definition) is 1. The SMILES string of the molecule is CCOc1ccccc1C(C(=O)NC1CCCC1)N(C(=O)Cn1nnc2ccccc21)c1cccc(C(C)=O)c1. The fourth-order valence-electron chi connectivity index (χ4n) is 5.29. The van der Waals surface area contributed by atoms with Crippen LogP contribution in [0, 0.1) is 0 Å². The normalized spacial score (nSPS) is 14.2. The van der Waals surface area contributed by atoms with Crippen molar-refractivity contribution >= 4 is 34.3 Å². The van der Waals surface area contributed by atoms with Gasteiger partial charge in [0.2, 0.25) is 11.8 Å². The van der Waals surface area contributed by atoms with Crippen LogP contribution in [0.2, 0.25) is 0 Å². The van der Waals surface area contributed by atoms with Crippen molar-refractivity contribution < 1.29 is 19.1 Å². The molecule has 0 spiro atoms. The number of amides is 2. The van der Waals surface area contributed by atoms with Crippen LogP contribution in [0.15, 0.2) is 72.8 Å². The van der Waals surface area contributed by atoms with Gasteiger partial charge in [0.1, 0.15) is 23.9 Å². The molecule has 1 N–H and O–H groups in total. The first-order valence-corrected chi connectivity index (χ1v) is 13.7. The van der Waals surface area contributed by atoms with Gasteiger partial charge in [0.05, 0.1) is 12.1 Å². The van der Waals surface area contributed by atoms with Gasteiger partial charge in [-0.1, -0.05) is 60.5 Å². The van der Waals surface area contributed by atoms with E-state index in [1.165, 1.54) is 16.5 Å². The molecule has 1 aliphatic carbocycles. The lowest BCUT2D eigenvalue weighted by atomic mass is 10.00. The largest absolute Gasteiger partial charge is 0.493 e. The minimum atomic E-state index is -1.05. The lowest BCUT2D eigenvalue weighted by Crippen LogP contribution is -2.47. The first-order chi connectivity index (χ1) is 19.5. The van der Waals surface area contributed by atoms with Gasteiger partial charge in [-0.25, -0.2) is 4.68 Å². The van der Waals surface area contributed by atoms with Crippen LogP contribution in [-0.2, 0) is 16.1 Å². The topological polar surface area (TPSA) is 106 Å². The monoisotopic (exact) mass is 539 g/mol. The van der Waals surface area contributed by atoms with Gasteiger partial charge in [0, 0.05) is 22.9 Å². The van der Waals surface area contributed by atoms with Crippen molar-refractivity contribution in [3.8, 4) is 5.75 Å². The van der Waals surface area contributed by atoms with Crippen LogP contribution in [0.25, 0.3) is 11.0 Å². The van der Waals surface area contributed by atoms with E-state index in [1.54, 1.807) is 30.3 Å². The Labute approximate surface area is 233 Å². The molecule has 1 fully saturated rings. The molecule has 2 amide bonds. The summed E-state index contributed by atoms with van der Waals surface area (Å²) in [5.74, 6) is -0.306. The van der Waals surface area contributed by atoms with Gasteiger partial charge in [-0.05, 0) is 57.0 Å². The highest BCUT2D eigenvalue weighted by Gasteiger charge is 2.36. The Hall–Kier alpha value is -4.53. The number of rotatable bonds is 10. The van der Waals surface area contributed by atoms with Crippen LogP contribution in [-0.4, -0.2) is 45.2 Å². The van der Waals surface area contributed by atoms with E-state index in [0.717, 1.165) is 25.7 Å². The van der Waals surface area contributed by atoms with E-state index in [1.807, 2.05) is 49.4 Å². The second-order valence-corrected chi connectivity index (χ2v) is 9.97. The van der Waals surface area contributed by atoms with Crippen molar-refractivity contribution in [2.24, 2.45) is 0 Å². The van der Waals surface area contributed by atoms with E-state index >= 15 is 0 Å². The molecule has 5 rings (SSSR count). The van der Waals surface area contributed by atoms with Crippen molar-refractivity contribution in [2.75, 3.05) is 11.5 Å². The maximum atomic E-state index is 14.3. The number of aromatic nitrogens is 3. The van der Waals surface area contributed by atoms with Crippen molar-refractivity contribution in [3.05, 3.63) is 83.9 Å². The Balaban J connectivity index is 1.64. The second kappa shape index (κ2) is 12.1. The van der Waals surface area contributed by atoms with Crippen molar-refractivity contribution in [1.82, 2.24) is 20.3 Å². The van der Waals surface area contributed by atoms with Crippen LogP contribution in [0.3, 0.4) is 0 Å². The molecule has 0 saturated heterocycles. The molecule has 0 bridgehead atoms. The molecule has 9 heteroatoms. The molecule has 3 aromatic carbocycles. The predicted molar refractivity (Wildman–Crippen MR) is 152 cm³/mol. The Bertz CT molecular complexity index is 1520. The number of Topliss-reactive ketones (excluding diaryl/α,β-unsaturated/α-hetero) is 1. The number of carbonyl (C=O) groups is 3. The average Bonchev–Trinajstić information content (AvgIpc) is 3.62. The Morgan fingerprint density at radius 3 is 2.55 bits per heavy atom. The molecule has 1 aliphatic rings. The number of para-hydroxylation sites is 2. The molecule has 4 aromatic rings. The molecule has 1 unspecified atom stereocenters. The van der Waals surface area contributed by atoms with E-state index < -0.39 is 6.04 Å². The third kappa shape index (κ3) is 5.73. The van der Waals surface area contributed by atoms with Crippen LogP contribution in [0.4, 0.5) is 5.69 Å². The van der Waals surface area contributed by atoms with E-state index in [9.17, 15) is 14.4 Å². The highest BCUT2D eigenvalue weighted by atomic mass is 16.5. The third-order valence-corrected chi connectivity index (χ3v) is 7.23. The number of carbonyl (C=O) groups excluding carboxylic acids is 3. The van der Waals surface area contributed by atoms with Crippen LogP contribution in [0.1, 0.15) is 61.5 Å².